The Bertz CT molecular complexity index is 754. The number of rotatable bonds is 7. The second-order valence-electron chi connectivity index (χ2n) is 6.03. The molecule has 5 N–H and O–H groups in total. The van der Waals surface area contributed by atoms with E-state index in [1.807, 2.05) is 13.0 Å². The Hall–Kier alpha value is -2.61. The summed E-state index contributed by atoms with van der Waals surface area (Å²) in [5.74, 6) is 0.844. The molecule has 0 aliphatic carbocycles. The normalized spacial score (nSPS) is 13.4. The number of nitrogens with one attached hydrogen (secondary N) is 2. The molecule has 24 heavy (non-hydrogen) atoms. The SMILES string of the molecule is CCOc1nc(NC(C=NCC(C)(C)O)=C(C)N)nc2[nH]ccc12. The lowest BCUT2D eigenvalue weighted by atomic mass is 10.1. The summed E-state index contributed by atoms with van der Waals surface area (Å²) in [5, 5.41) is 13.6. The van der Waals surface area contributed by atoms with Crippen molar-refractivity contribution in [2.24, 2.45) is 10.7 Å². The molecule has 2 aromatic heterocycles. The number of nitrogens with zero attached hydrogens (tertiary/aromatic N) is 3. The minimum atomic E-state index is -0.883. The van der Waals surface area contributed by atoms with E-state index in [-0.39, 0.29) is 6.54 Å². The predicted molar refractivity (Wildman–Crippen MR) is 95.2 cm³/mol. The first-order chi connectivity index (χ1) is 11.3. The van der Waals surface area contributed by atoms with Gasteiger partial charge in [-0.15, -0.1) is 0 Å². The van der Waals surface area contributed by atoms with Crippen LogP contribution in [0.3, 0.4) is 0 Å². The fourth-order valence-electron chi connectivity index (χ4n) is 1.93. The molecule has 0 radical (unpaired) electrons. The van der Waals surface area contributed by atoms with Crippen LogP contribution in [0.4, 0.5) is 5.95 Å². The van der Waals surface area contributed by atoms with Crippen LogP contribution < -0.4 is 15.8 Å². The lowest BCUT2D eigenvalue weighted by Gasteiger charge is -2.14. The number of aromatic nitrogens is 3. The third-order valence-electron chi connectivity index (χ3n) is 3.03. The zero-order chi connectivity index (χ0) is 17.7. The Balaban J connectivity index is 2.27. The van der Waals surface area contributed by atoms with Gasteiger partial charge in [0.15, 0.2) is 0 Å². The van der Waals surface area contributed by atoms with Crippen molar-refractivity contribution in [1.82, 2.24) is 15.0 Å². The summed E-state index contributed by atoms with van der Waals surface area (Å²) < 4.78 is 5.56. The Morgan fingerprint density at radius 2 is 2.25 bits per heavy atom. The maximum Gasteiger partial charge on any atom is 0.232 e. The molecule has 0 saturated heterocycles. The predicted octanol–water partition coefficient (Wildman–Crippen LogP) is 1.80. The molecule has 0 atom stereocenters. The van der Waals surface area contributed by atoms with Gasteiger partial charge >= 0.3 is 0 Å². The number of aliphatic imine (C=N–C) groups is 1. The zero-order valence-corrected chi connectivity index (χ0v) is 14.4. The van der Waals surface area contributed by atoms with E-state index in [1.165, 1.54) is 0 Å². The average Bonchev–Trinajstić information content (AvgIpc) is 2.93. The van der Waals surface area contributed by atoms with Gasteiger partial charge in [0.2, 0.25) is 11.8 Å². The Morgan fingerprint density at radius 3 is 2.88 bits per heavy atom. The van der Waals surface area contributed by atoms with Gasteiger partial charge in [-0.25, -0.2) is 0 Å². The van der Waals surface area contributed by atoms with Gasteiger partial charge in [-0.2, -0.15) is 9.97 Å². The largest absolute Gasteiger partial charge is 0.477 e. The van der Waals surface area contributed by atoms with E-state index in [2.05, 4.69) is 25.3 Å². The van der Waals surface area contributed by atoms with Crippen LogP contribution in [0.25, 0.3) is 11.0 Å². The number of hydrogen-bond donors (Lipinski definition) is 4. The van der Waals surface area contributed by atoms with Crippen molar-refractivity contribution < 1.29 is 9.84 Å². The molecule has 8 heteroatoms. The van der Waals surface area contributed by atoms with Crippen molar-refractivity contribution in [3.8, 4) is 5.88 Å². The van der Waals surface area contributed by atoms with E-state index >= 15 is 0 Å². The number of ether oxygens (including phenoxy) is 1. The molecule has 2 aromatic rings. The first-order valence-corrected chi connectivity index (χ1v) is 7.73. The smallest absolute Gasteiger partial charge is 0.232 e. The zero-order valence-electron chi connectivity index (χ0n) is 14.4. The Labute approximate surface area is 140 Å². The molecule has 0 spiro atoms. The second kappa shape index (κ2) is 7.31. The van der Waals surface area contributed by atoms with Gasteiger partial charge in [0.05, 0.1) is 29.8 Å². The quantitative estimate of drug-likeness (QED) is 0.574. The summed E-state index contributed by atoms with van der Waals surface area (Å²) in [6.45, 7) is 7.77. The van der Waals surface area contributed by atoms with Crippen LogP contribution in [0.5, 0.6) is 5.88 Å². The molecule has 0 aromatic carbocycles. The summed E-state index contributed by atoms with van der Waals surface area (Å²) in [5.41, 5.74) is 6.77. The lowest BCUT2D eigenvalue weighted by Crippen LogP contribution is -2.23. The minimum Gasteiger partial charge on any atom is -0.477 e. The highest BCUT2D eigenvalue weighted by Gasteiger charge is 2.12. The molecule has 0 unspecified atom stereocenters. The van der Waals surface area contributed by atoms with Gasteiger partial charge in [-0.1, -0.05) is 0 Å². The number of nitrogens with two attached hydrogens (primary N) is 1. The van der Waals surface area contributed by atoms with Crippen LogP contribution >= 0.6 is 0 Å². The van der Waals surface area contributed by atoms with Crippen LogP contribution in [0.1, 0.15) is 27.7 Å². The van der Waals surface area contributed by atoms with E-state index in [1.54, 1.807) is 33.2 Å². The molecule has 0 amide bonds. The van der Waals surface area contributed by atoms with E-state index < -0.39 is 5.60 Å². The fourth-order valence-corrected chi connectivity index (χ4v) is 1.93. The van der Waals surface area contributed by atoms with Crippen molar-refractivity contribution >= 4 is 23.2 Å². The number of H-pyrrole nitrogens is 1. The van der Waals surface area contributed by atoms with E-state index in [0.29, 0.717) is 35.5 Å². The molecule has 130 valence electrons. The van der Waals surface area contributed by atoms with Crippen molar-refractivity contribution in [2.45, 2.75) is 33.3 Å². The average molecular weight is 332 g/mol. The molecule has 0 fully saturated rings. The Kier molecular flexibility index (Phi) is 5.40. The van der Waals surface area contributed by atoms with E-state index in [0.717, 1.165) is 5.39 Å². The first kappa shape index (κ1) is 17.7. The van der Waals surface area contributed by atoms with Crippen LogP contribution in [-0.2, 0) is 0 Å². The van der Waals surface area contributed by atoms with Crippen LogP contribution in [0.15, 0.2) is 28.6 Å². The summed E-state index contributed by atoms with van der Waals surface area (Å²) in [6, 6.07) is 1.86. The van der Waals surface area contributed by atoms with Gasteiger partial charge in [0, 0.05) is 18.1 Å². The second-order valence-corrected chi connectivity index (χ2v) is 6.03. The molecular formula is C16H24N6O2. The van der Waals surface area contributed by atoms with Gasteiger partial charge in [-0.3, -0.25) is 4.99 Å². The van der Waals surface area contributed by atoms with Crippen LogP contribution in [0, 0.1) is 0 Å². The highest BCUT2D eigenvalue weighted by Crippen LogP contribution is 2.23. The molecule has 8 nitrogen and oxygen atoms in total. The first-order valence-electron chi connectivity index (χ1n) is 7.73. The summed E-state index contributed by atoms with van der Waals surface area (Å²) >= 11 is 0. The van der Waals surface area contributed by atoms with Crippen molar-refractivity contribution in [1.29, 1.82) is 0 Å². The number of allylic oxidation sites excluding steroid dienone is 2. The molecule has 0 bridgehead atoms. The monoisotopic (exact) mass is 332 g/mol. The number of anilines is 1. The fraction of sp³-hybridized carbons (Fsp3) is 0.438. The molecular weight excluding hydrogens is 308 g/mol. The number of aliphatic hydroxyl groups is 1. The third kappa shape index (κ3) is 4.69. The summed E-state index contributed by atoms with van der Waals surface area (Å²) in [7, 11) is 0. The highest BCUT2D eigenvalue weighted by atomic mass is 16.5. The van der Waals surface area contributed by atoms with Gasteiger partial charge in [0.1, 0.15) is 5.65 Å². The van der Waals surface area contributed by atoms with Gasteiger partial charge in [-0.05, 0) is 33.8 Å². The van der Waals surface area contributed by atoms with E-state index in [4.69, 9.17) is 10.5 Å². The molecule has 0 aliphatic rings. The van der Waals surface area contributed by atoms with Crippen molar-refractivity contribution in [3.05, 3.63) is 23.7 Å². The van der Waals surface area contributed by atoms with E-state index in [9.17, 15) is 5.11 Å². The highest BCUT2D eigenvalue weighted by molar-refractivity contribution is 5.85. The number of hydrogen-bond acceptors (Lipinski definition) is 7. The molecule has 2 heterocycles. The molecule has 0 saturated carbocycles. The standard InChI is InChI=1S/C16H24N6O2/c1-5-24-14-11-6-7-19-13(11)21-15(22-14)20-12(10(2)17)8-18-9-16(3,4)23/h6-8,23H,5,9,17H2,1-4H3,(H2,19,20,21,22). The van der Waals surface area contributed by atoms with Crippen molar-refractivity contribution in [2.75, 3.05) is 18.5 Å². The Morgan fingerprint density at radius 1 is 1.50 bits per heavy atom. The summed E-state index contributed by atoms with van der Waals surface area (Å²) in [6.07, 6.45) is 3.34. The summed E-state index contributed by atoms with van der Waals surface area (Å²) in [4.78, 5) is 16.0. The maximum atomic E-state index is 9.72. The lowest BCUT2D eigenvalue weighted by molar-refractivity contribution is 0.0906. The minimum absolute atomic E-state index is 0.256. The van der Waals surface area contributed by atoms with Gasteiger partial charge in [0.25, 0.3) is 0 Å². The topological polar surface area (TPSA) is 121 Å². The third-order valence-corrected chi connectivity index (χ3v) is 3.03. The number of fused-ring (bicyclic) bond motifs is 1. The van der Waals surface area contributed by atoms with Crippen LogP contribution in [-0.4, -0.2) is 45.0 Å². The van der Waals surface area contributed by atoms with Crippen molar-refractivity contribution in [3.63, 3.8) is 0 Å². The molecule has 2 rings (SSSR count). The van der Waals surface area contributed by atoms with Gasteiger partial charge < -0.3 is 25.9 Å². The van der Waals surface area contributed by atoms with Crippen LogP contribution in [0.2, 0.25) is 0 Å². The molecule has 0 aliphatic heterocycles. The number of aromatic amines is 1. The maximum absolute atomic E-state index is 9.72.